The number of nitrogens with zero attached hydrogens (tertiary/aromatic N) is 4. The molecule has 0 bridgehead atoms. The first-order valence-corrected chi connectivity index (χ1v) is 9.01. The number of anilines is 1. The minimum atomic E-state index is 0.409. The zero-order valence-corrected chi connectivity index (χ0v) is 15.2. The van der Waals surface area contributed by atoms with Crippen LogP contribution in [0.25, 0.3) is 0 Å². The van der Waals surface area contributed by atoms with Crippen LogP contribution in [0.3, 0.4) is 0 Å². The summed E-state index contributed by atoms with van der Waals surface area (Å²) < 4.78 is 1.95. The van der Waals surface area contributed by atoms with E-state index in [2.05, 4.69) is 69.1 Å². The molecule has 6 heteroatoms. The summed E-state index contributed by atoms with van der Waals surface area (Å²) in [6.45, 7) is 5.81. The smallest absolute Gasteiger partial charge is 0.191 e. The van der Waals surface area contributed by atoms with Gasteiger partial charge >= 0.3 is 0 Å². The Bertz CT molecular complexity index is 678. The maximum absolute atomic E-state index is 4.36. The summed E-state index contributed by atoms with van der Waals surface area (Å²) in [7, 11) is 1.82. The van der Waals surface area contributed by atoms with Crippen LogP contribution in [-0.4, -0.2) is 48.5 Å². The van der Waals surface area contributed by atoms with E-state index >= 15 is 0 Å². The van der Waals surface area contributed by atoms with Gasteiger partial charge in [-0.1, -0.05) is 18.2 Å². The van der Waals surface area contributed by atoms with E-state index in [-0.39, 0.29) is 0 Å². The second-order valence-electron chi connectivity index (χ2n) is 6.54. The van der Waals surface area contributed by atoms with Gasteiger partial charge in [-0.15, -0.1) is 0 Å². The quantitative estimate of drug-likeness (QED) is 0.646. The van der Waals surface area contributed by atoms with Crippen LogP contribution in [0.2, 0.25) is 0 Å². The Morgan fingerprint density at radius 3 is 2.88 bits per heavy atom. The summed E-state index contributed by atoms with van der Waals surface area (Å²) in [6, 6.07) is 11.0. The van der Waals surface area contributed by atoms with Crippen LogP contribution in [0, 0.1) is 6.92 Å². The third-order valence-electron chi connectivity index (χ3n) is 4.50. The average molecular weight is 340 g/mol. The van der Waals surface area contributed by atoms with Gasteiger partial charge in [0.2, 0.25) is 0 Å². The van der Waals surface area contributed by atoms with Crippen LogP contribution >= 0.6 is 0 Å². The number of hydrogen-bond acceptors (Lipinski definition) is 3. The molecule has 2 heterocycles. The fraction of sp³-hybridized carbons (Fsp3) is 0.474. The Morgan fingerprint density at radius 1 is 1.32 bits per heavy atom. The molecular weight excluding hydrogens is 312 g/mol. The van der Waals surface area contributed by atoms with Gasteiger partial charge in [0.1, 0.15) is 0 Å². The molecule has 1 unspecified atom stereocenters. The average Bonchev–Trinajstić information content (AvgIpc) is 3.07. The van der Waals surface area contributed by atoms with Gasteiger partial charge in [0.05, 0.1) is 12.7 Å². The van der Waals surface area contributed by atoms with Crippen molar-refractivity contribution in [2.24, 2.45) is 4.99 Å². The Labute approximate surface area is 149 Å². The second kappa shape index (κ2) is 8.55. The molecule has 1 aliphatic heterocycles. The van der Waals surface area contributed by atoms with Crippen molar-refractivity contribution in [3.05, 3.63) is 48.3 Å². The fourth-order valence-electron chi connectivity index (χ4n) is 3.23. The standard InChI is InChI=1S/C19H28N6/c1-16-13-22-25(14-16)12-10-21-19(20-2)23-17-7-6-11-24(15-17)18-8-4-3-5-9-18/h3-5,8-9,13-14,17H,6-7,10-12,15H2,1-2H3,(H2,20,21,23). The highest BCUT2D eigenvalue weighted by Gasteiger charge is 2.20. The molecule has 1 aliphatic rings. The highest BCUT2D eigenvalue weighted by Crippen LogP contribution is 2.19. The molecule has 1 saturated heterocycles. The van der Waals surface area contributed by atoms with E-state index in [1.165, 1.54) is 24.1 Å². The molecule has 25 heavy (non-hydrogen) atoms. The van der Waals surface area contributed by atoms with Crippen LogP contribution < -0.4 is 15.5 Å². The lowest BCUT2D eigenvalue weighted by Crippen LogP contribution is -2.51. The number of hydrogen-bond donors (Lipinski definition) is 2. The molecule has 0 radical (unpaired) electrons. The number of rotatable bonds is 5. The Hall–Kier alpha value is -2.50. The lowest BCUT2D eigenvalue weighted by Gasteiger charge is -2.35. The number of aromatic nitrogens is 2. The first kappa shape index (κ1) is 17.3. The number of benzene rings is 1. The molecule has 0 spiro atoms. The molecule has 0 amide bonds. The van der Waals surface area contributed by atoms with E-state index in [1.807, 2.05) is 17.9 Å². The van der Waals surface area contributed by atoms with Crippen LogP contribution in [-0.2, 0) is 6.54 Å². The van der Waals surface area contributed by atoms with Crippen molar-refractivity contribution in [3.63, 3.8) is 0 Å². The van der Waals surface area contributed by atoms with Crippen LogP contribution in [0.1, 0.15) is 18.4 Å². The van der Waals surface area contributed by atoms with Crippen molar-refractivity contribution in [3.8, 4) is 0 Å². The maximum Gasteiger partial charge on any atom is 0.191 e. The number of guanidine groups is 1. The predicted octanol–water partition coefficient (Wildman–Crippen LogP) is 2.03. The zero-order chi connectivity index (χ0) is 17.5. The molecule has 0 saturated carbocycles. The minimum absolute atomic E-state index is 0.409. The highest BCUT2D eigenvalue weighted by atomic mass is 15.3. The number of aliphatic imine (C=N–C) groups is 1. The van der Waals surface area contributed by atoms with E-state index in [1.54, 1.807) is 0 Å². The van der Waals surface area contributed by atoms with Gasteiger partial charge < -0.3 is 15.5 Å². The number of aryl methyl sites for hydroxylation is 1. The highest BCUT2D eigenvalue weighted by molar-refractivity contribution is 5.80. The first-order valence-electron chi connectivity index (χ1n) is 9.01. The van der Waals surface area contributed by atoms with Gasteiger partial charge in [-0.05, 0) is 37.5 Å². The molecule has 134 valence electrons. The summed E-state index contributed by atoms with van der Waals surface area (Å²) in [5.41, 5.74) is 2.48. The van der Waals surface area contributed by atoms with Crippen molar-refractivity contribution >= 4 is 11.6 Å². The molecular formula is C19H28N6. The lowest BCUT2D eigenvalue weighted by atomic mass is 10.1. The summed E-state index contributed by atoms with van der Waals surface area (Å²) in [6.07, 6.45) is 6.29. The third-order valence-corrected chi connectivity index (χ3v) is 4.50. The second-order valence-corrected chi connectivity index (χ2v) is 6.54. The minimum Gasteiger partial charge on any atom is -0.369 e. The van der Waals surface area contributed by atoms with Crippen molar-refractivity contribution in [1.29, 1.82) is 0 Å². The number of nitrogens with one attached hydrogen (secondary N) is 2. The normalized spacial score (nSPS) is 18.2. The van der Waals surface area contributed by atoms with Gasteiger partial charge in [-0.25, -0.2) is 0 Å². The Morgan fingerprint density at radius 2 is 2.16 bits per heavy atom. The van der Waals surface area contributed by atoms with Crippen molar-refractivity contribution in [2.75, 3.05) is 31.6 Å². The Balaban J connectivity index is 1.47. The number of piperidine rings is 1. The molecule has 1 aromatic carbocycles. The van der Waals surface area contributed by atoms with Gasteiger partial charge in [0.25, 0.3) is 0 Å². The maximum atomic E-state index is 4.36. The van der Waals surface area contributed by atoms with Crippen molar-refractivity contribution in [2.45, 2.75) is 32.4 Å². The summed E-state index contributed by atoms with van der Waals surface area (Å²) in [4.78, 5) is 6.81. The first-order chi connectivity index (χ1) is 12.2. The molecule has 0 aliphatic carbocycles. The van der Waals surface area contributed by atoms with Crippen LogP contribution in [0.4, 0.5) is 5.69 Å². The molecule has 1 aromatic heterocycles. The van der Waals surface area contributed by atoms with Gasteiger partial charge in [0, 0.05) is 44.6 Å². The third kappa shape index (κ3) is 4.98. The van der Waals surface area contributed by atoms with E-state index in [9.17, 15) is 0 Å². The molecule has 3 rings (SSSR count). The molecule has 1 atom stereocenters. The summed E-state index contributed by atoms with van der Waals surface area (Å²) in [5.74, 6) is 0.865. The summed E-state index contributed by atoms with van der Waals surface area (Å²) >= 11 is 0. The van der Waals surface area contributed by atoms with Crippen molar-refractivity contribution in [1.82, 2.24) is 20.4 Å². The van der Waals surface area contributed by atoms with E-state index in [0.717, 1.165) is 32.1 Å². The Kier molecular flexibility index (Phi) is 5.93. The van der Waals surface area contributed by atoms with E-state index in [0.29, 0.717) is 6.04 Å². The zero-order valence-electron chi connectivity index (χ0n) is 15.2. The SMILES string of the molecule is CN=C(NCCn1cc(C)cn1)NC1CCCN(c2ccccc2)C1. The monoisotopic (exact) mass is 340 g/mol. The lowest BCUT2D eigenvalue weighted by molar-refractivity contribution is 0.466. The molecule has 1 fully saturated rings. The topological polar surface area (TPSA) is 57.5 Å². The predicted molar refractivity (Wildman–Crippen MR) is 103 cm³/mol. The van der Waals surface area contributed by atoms with Crippen molar-refractivity contribution < 1.29 is 0 Å². The number of para-hydroxylation sites is 1. The van der Waals surface area contributed by atoms with Gasteiger partial charge in [-0.3, -0.25) is 9.67 Å². The largest absolute Gasteiger partial charge is 0.369 e. The molecule has 6 nitrogen and oxygen atoms in total. The van der Waals surface area contributed by atoms with Gasteiger partial charge in [-0.2, -0.15) is 5.10 Å². The van der Waals surface area contributed by atoms with Crippen LogP contribution in [0.15, 0.2) is 47.7 Å². The fourth-order valence-corrected chi connectivity index (χ4v) is 3.23. The van der Waals surface area contributed by atoms with E-state index < -0.39 is 0 Å². The van der Waals surface area contributed by atoms with Gasteiger partial charge in [0.15, 0.2) is 5.96 Å². The van der Waals surface area contributed by atoms with Crippen LogP contribution in [0.5, 0.6) is 0 Å². The molecule has 2 aromatic rings. The molecule has 2 N–H and O–H groups in total. The van der Waals surface area contributed by atoms with E-state index in [4.69, 9.17) is 0 Å². The summed E-state index contributed by atoms with van der Waals surface area (Å²) in [5, 5.41) is 11.3.